The topological polar surface area (TPSA) is 36.9 Å². The molecule has 22 heavy (non-hydrogen) atoms. The van der Waals surface area contributed by atoms with Crippen LogP contribution in [0.15, 0.2) is 65.1 Å². The maximum absolute atomic E-state index is 9.10. The number of hydrogen-bond acceptors (Lipinski definition) is 2. The third-order valence-corrected chi connectivity index (χ3v) is 3.99. The number of rotatable bonds is 1. The van der Waals surface area contributed by atoms with Crippen LogP contribution in [0.5, 0.6) is 0 Å². The van der Waals surface area contributed by atoms with Crippen molar-refractivity contribution in [1.82, 2.24) is 0 Å². The van der Waals surface area contributed by atoms with Gasteiger partial charge in [0.2, 0.25) is 0 Å². The summed E-state index contributed by atoms with van der Waals surface area (Å²) in [5.41, 5.74) is 4.30. The van der Waals surface area contributed by atoms with E-state index in [1.807, 2.05) is 54.6 Å². The average molecular weight is 304 g/mol. The number of nitrogens with zero attached hydrogens (tertiary/aromatic N) is 1. The molecule has 3 heteroatoms. The van der Waals surface area contributed by atoms with Gasteiger partial charge in [0.1, 0.15) is 11.2 Å². The quantitative estimate of drug-likeness (QED) is 0.447. The van der Waals surface area contributed by atoms with Crippen LogP contribution in [0.4, 0.5) is 0 Å². The van der Waals surface area contributed by atoms with Gasteiger partial charge in [-0.25, -0.2) is 0 Å². The van der Waals surface area contributed by atoms with Crippen LogP contribution in [0.1, 0.15) is 5.56 Å². The van der Waals surface area contributed by atoms with Crippen LogP contribution < -0.4 is 0 Å². The molecular weight excluding hydrogens is 294 g/mol. The average Bonchev–Trinajstić information content (AvgIpc) is 2.92. The summed E-state index contributed by atoms with van der Waals surface area (Å²) in [7, 11) is 0. The van der Waals surface area contributed by atoms with Gasteiger partial charge in [0.15, 0.2) is 0 Å². The van der Waals surface area contributed by atoms with Gasteiger partial charge in [-0.05, 0) is 47.5 Å². The van der Waals surface area contributed by atoms with E-state index in [-0.39, 0.29) is 0 Å². The molecule has 0 saturated heterocycles. The summed E-state index contributed by atoms with van der Waals surface area (Å²) < 4.78 is 5.90. The van der Waals surface area contributed by atoms with Gasteiger partial charge in [-0.3, -0.25) is 0 Å². The number of nitriles is 1. The Kier molecular flexibility index (Phi) is 2.89. The molecule has 2 nitrogen and oxygen atoms in total. The van der Waals surface area contributed by atoms with Crippen molar-refractivity contribution in [3.63, 3.8) is 0 Å². The Labute approximate surface area is 132 Å². The van der Waals surface area contributed by atoms with Crippen LogP contribution in [-0.4, -0.2) is 0 Å². The van der Waals surface area contributed by atoms with E-state index < -0.39 is 0 Å². The van der Waals surface area contributed by atoms with E-state index in [4.69, 9.17) is 21.3 Å². The number of furan rings is 1. The maximum atomic E-state index is 9.10. The SMILES string of the molecule is N#Cc1cccc(-c2cccc3oc4ccc(Cl)cc4c23)c1. The minimum atomic E-state index is 0.639. The summed E-state index contributed by atoms with van der Waals surface area (Å²) in [6, 6.07) is 21.3. The monoisotopic (exact) mass is 303 g/mol. The van der Waals surface area contributed by atoms with E-state index in [2.05, 4.69) is 6.07 Å². The Morgan fingerprint density at radius 1 is 0.909 bits per heavy atom. The first kappa shape index (κ1) is 12.9. The Balaban J connectivity index is 2.11. The largest absolute Gasteiger partial charge is 0.456 e. The van der Waals surface area contributed by atoms with E-state index in [1.54, 1.807) is 6.07 Å². The molecule has 0 amide bonds. The smallest absolute Gasteiger partial charge is 0.136 e. The van der Waals surface area contributed by atoms with Crippen LogP contribution in [0, 0.1) is 11.3 Å². The van der Waals surface area contributed by atoms with E-state index in [0.717, 1.165) is 33.1 Å². The third-order valence-electron chi connectivity index (χ3n) is 3.76. The van der Waals surface area contributed by atoms with Crippen molar-refractivity contribution in [2.45, 2.75) is 0 Å². The molecule has 0 unspecified atom stereocenters. The van der Waals surface area contributed by atoms with Gasteiger partial charge in [0.05, 0.1) is 11.6 Å². The van der Waals surface area contributed by atoms with Gasteiger partial charge in [-0.2, -0.15) is 5.26 Å². The van der Waals surface area contributed by atoms with Gasteiger partial charge < -0.3 is 4.42 Å². The van der Waals surface area contributed by atoms with Crippen molar-refractivity contribution in [3.05, 3.63) is 71.2 Å². The molecule has 0 aliphatic heterocycles. The molecule has 0 fully saturated rings. The van der Waals surface area contributed by atoms with Crippen molar-refractivity contribution < 1.29 is 4.42 Å². The zero-order chi connectivity index (χ0) is 15.1. The Morgan fingerprint density at radius 3 is 2.64 bits per heavy atom. The molecule has 0 radical (unpaired) electrons. The number of benzene rings is 3. The fourth-order valence-corrected chi connectivity index (χ4v) is 2.97. The molecule has 3 aromatic carbocycles. The molecule has 104 valence electrons. The second kappa shape index (κ2) is 4.91. The molecule has 0 N–H and O–H groups in total. The number of fused-ring (bicyclic) bond motifs is 3. The molecule has 0 atom stereocenters. The summed E-state index contributed by atoms with van der Waals surface area (Å²) in [6.45, 7) is 0. The lowest BCUT2D eigenvalue weighted by Gasteiger charge is -2.04. The second-order valence-electron chi connectivity index (χ2n) is 5.11. The standard InChI is InChI=1S/C19H10ClNO/c20-14-7-8-17-16(10-14)19-15(5-2-6-18(19)22-17)13-4-1-3-12(9-13)11-21/h1-10H. The molecule has 0 saturated carbocycles. The van der Waals surface area contributed by atoms with Gasteiger partial charge in [-0.1, -0.05) is 35.9 Å². The predicted molar refractivity (Wildman–Crippen MR) is 88.9 cm³/mol. The van der Waals surface area contributed by atoms with Gasteiger partial charge in [-0.15, -0.1) is 0 Å². The Hall–Kier alpha value is -2.76. The lowest BCUT2D eigenvalue weighted by Crippen LogP contribution is -1.81. The highest BCUT2D eigenvalue weighted by Crippen LogP contribution is 2.37. The van der Waals surface area contributed by atoms with E-state index in [1.165, 1.54) is 0 Å². The summed E-state index contributed by atoms with van der Waals surface area (Å²) in [4.78, 5) is 0. The minimum Gasteiger partial charge on any atom is -0.456 e. The highest BCUT2D eigenvalue weighted by atomic mass is 35.5. The van der Waals surface area contributed by atoms with Crippen molar-refractivity contribution in [1.29, 1.82) is 5.26 Å². The Bertz CT molecular complexity index is 1060. The molecule has 4 aromatic rings. The highest BCUT2D eigenvalue weighted by molar-refractivity contribution is 6.32. The molecule has 0 aliphatic carbocycles. The van der Waals surface area contributed by atoms with Crippen molar-refractivity contribution in [2.24, 2.45) is 0 Å². The summed E-state index contributed by atoms with van der Waals surface area (Å²) in [5.74, 6) is 0. The van der Waals surface area contributed by atoms with Crippen molar-refractivity contribution >= 4 is 33.5 Å². The van der Waals surface area contributed by atoms with Gasteiger partial charge in [0.25, 0.3) is 0 Å². The van der Waals surface area contributed by atoms with Gasteiger partial charge in [0, 0.05) is 15.8 Å². The maximum Gasteiger partial charge on any atom is 0.136 e. The molecule has 0 aliphatic rings. The van der Waals surface area contributed by atoms with E-state index in [0.29, 0.717) is 10.6 Å². The van der Waals surface area contributed by atoms with Crippen molar-refractivity contribution in [3.8, 4) is 17.2 Å². The first-order chi connectivity index (χ1) is 10.8. The van der Waals surface area contributed by atoms with Crippen LogP contribution >= 0.6 is 11.6 Å². The zero-order valence-corrected chi connectivity index (χ0v) is 12.3. The lowest BCUT2D eigenvalue weighted by atomic mass is 9.98. The van der Waals surface area contributed by atoms with Crippen LogP contribution in [0.2, 0.25) is 5.02 Å². The summed E-state index contributed by atoms with van der Waals surface area (Å²) >= 11 is 6.14. The number of hydrogen-bond donors (Lipinski definition) is 0. The lowest BCUT2D eigenvalue weighted by molar-refractivity contribution is 0.669. The fourth-order valence-electron chi connectivity index (χ4n) is 2.80. The number of halogens is 1. The second-order valence-corrected chi connectivity index (χ2v) is 5.55. The Morgan fingerprint density at radius 2 is 1.77 bits per heavy atom. The molecule has 0 spiro atoms. The van der Waals surface area contributed by atoms with Crippen molar-refractivity contribution in [2.75, 3.05) is 0 Å². The van der Waals surface area contributed by atoms with E-state index >= 15 is 0 Å². The van der Waals surface area contributed by atoms with Crippen LogP contribution in [0.3, 0.4) is 0 Å². The first-order valence-corrected chi connectivity index (χ1v) is 7.25. The zero-order valence-electron chi connectivity index (χ0n) is 11.5. The highest BCUT2D eigenvalue weighted by Gasteiger charge is 2.12. The predicted octanol–water partition coefficient (Wildman–Crippen LogP) is 5.78. The van der Waals surface area contributed by atoms with Crippen LogP contribution in [0.25, 0.3) is 33.1 Å². The molecule has 4 rings (SSSR count). The molecular formula is C19H10ClNO. The summed E-state index contributed by atoms with van der Waals surface area (Å²) in [6.07, 6.45) is 0. The van der Waals surface area contributed by atoms with E-state index in [9.17, 15) is 0 Å². The fraction of sp³-hybridized carbons (Fsp3) is 0. The summed E-state index contributed by atoms with van der Waals surface area (Å²) in [5, 5.41) is 11.8. The van der Waals surface area contributed by atoms with Crippen LogP contribution in [-0.2, 0) is 0 Å². The first-order valence-electron chi connectivity index (χ1n) is 6.87. The molecule has 1 aromatic heterocycles. The molecule has 0 bridgehead atoms. The van der Waals surface area contributed by atoms with Gasteiger partial charge >= 0.3 is 0 Å². The third kappa shape index (κ3) is 1.95. The minimum absolute atomic E-state index is 0.639. The molecule has 1 heterocycles. The normalized spacial score (nSPS) is 10.9.